The maximum absolute atomic E-state index is 12.7. The largest absolute Gasteiger partial charge is 0.495 e. The van der Waals surface area contributed by atoms with Crippen LogP contribution in [-0.4, -0.2) is 35.0 Å². The van der Waals surface area contributed by atoms with Crippen LogP contribution in [0.4, 0.5) is 10.5 Å². The second kappa shape index (κ2) is 8.36. The molecule has 2 N–H and O–H groups in total. The molecule has 0 atom stereocenters. The van der Waals surface area contributed by atoms with E-state index in [0.717, 1.165) is 0 Å². The molecule has 10 heteroatoms. The van der Waals surface area contributed by atoms with E-state index < -0.39 is 16.1 Å². The zero-order valence-electron chi connectivity index (χ0n) is 15.4. The van der Waals surface area contributed by atoms with E-state index in [1.165, 1.54) is 25.3 Å². The molecule has 1 amide bonds. The Kier molecular flexibility index (Phi) is 5.90. The average Bonchev–Trinajstić information content (AvgIpc) is 3.14. The fraction of sp³-hybridized carbons (Fsp3) is 0.278. The van der Waals surface area contributed by atoms with Crippen LogP contribution in [0.3, 0.4) is 0 Å². The smallest absolute Gasteiger partial charge is 0.411 e. The van der Waals surface area contributed by atoms with Crippen LogP contribution in [0.5, 0.6) is 17.2 Å². The number of benzene rings is 2. The highest BCUT2D eigenvalue weighted by atomic mass is 32.2. The molecule has 28 heavy (non-hydrogen) atoms. The molecule has 0 saturated carbocycles. The second-order valence-electron chi connectivity index (χ2n) is 5.72. The fourth-order valence-electron chi connectivity index (χ4n) is 2.54. The Bertz CT molecular complexity index is 976. The van der Waals surface area contributed by atoms with Gasteiger partial charge in [0.1, 0.15) is 5.75 Å². The third-order valence-corrected chi connectivity index (χ3v) is 5.30. The van der Waals surface area contributed by atoms with Crippen LogP contribution in [0.1, 0.15) is 12.5 Å². The SMILES string of the molecule is CCOC(=O)Nc1cc(S(=O)(=O)NCc2ccc3c(c2)OCO3)ccc1OC. The molecule has 0 fully saturated rings. The Hall–Kier alpha value is -2.98. The molecule has 3 rings (SSSR count). The van der Waals surface area contributed by atoms with E-state index in [-0.39, 0.29) is 30.5 Å². The number of carbonyl (C=O) groups is 1. The molecular weight excluding hydrogens is 388 g/mol. The van der Waals surface area contributed by atoms with Gasteiger partial charge < -0.3 is 18.9 Å². The third-order valence-electron chi connectivity index (χ3n) is 3.90. The van der Waals surface area contributed by atoms with Crippen LogP contribution in [-0.2, 0) is 21.3 Å². The predicted octanol–water partition coefficient (Wildman–Crippen LogP) is 2.47. The lowest BCUT2D eigenvalue weighted by Gasteiger charge is -2.13. The number of hydrogen-bond donors (Lipinski definition) is 2. The number of nitrogens with one attached hydrogen (secondary N) is 2. The maximum Gasteiger partial charge on any atom is 0.411 e. The Labute approximate surface area is 162 Å². The zero-order chi connectivity index (χ0) is 20.1. The number of methoxy groups -OCH3 is 1. The Morgan fingerprint density at radius 1 is 1.14 bits per heavy atom. The lowest BCUT2D eigenvalue weighted by Crippen LogP contribution is -2.23. The van der Waals surface area contributed by atoms with Gasteiger partial charge in [-0.3, -0.25) is 5.32 Å². The van der Waals surface area contributed by atoms with E-state index in [1.807, 2.05) is 0 Å². The van der Waals surface area contributed by atoms with Gasteiger partial charge in [0, 0.05) is 6.54 Å². The molecule has 9 nitrogen and oxygen atoms in total. The van der Waals surface area contributed by atoms with E-state index >= 15 is 0 Å². The van der Waals surface area contributed by atoms with Gasteiger partial charge in [0.05, 0.1) is 24.3 Å². The first-order chi connectivity index (χ1) is 13.4. The van der Waals surface area contributed by atoms with E-state index in [0.29, 0.717) is 22.8 Å². The van der Waals surface area contributed by atoms with Gasteiger partial charge in [-0.15, -0.1) is 0 Å². The van der Waals surface area contributed by atoms with Crippen molar-refractivity contribution >= 4 is 21.8 Å². The molecule has 0 saturated heterocycles. The van der Waals surface area contributed by atoms with Crippen molar-refractivity contribution < 1.29 is 32.2 Å². The summed E-state index contributed by atoms with van der Waals surface area (Å²) in [6.45, 7) is 2.05. The summed E-state index contributed by atoms with van der Waals surface area (Å²) < 4.78 is 48.3. The summed E-state index contributed by atoms with van der Waals surface area (Å²) in [5.74, 6) is 1.50. The number of sulfonamides is 1. The highest BCUT2D eigenvalue weighted by molar-refractivity contribution is 7.89. The molecule has 2 aromatic rings. The normalized spacial score (nSPS) is 12.5. The topological polar surface area (TPSA) is 112 Å². The molecule has 2 aromatic carbocycles. The van der Waals surface area contributed by atoms with E-state index in [4.69, 9.17) is 18.9 Å². The molecule has 1 aliphatic heterocycles. The van der Waals surface area contributed by atoms with Crippen LogP contribution in [0.25, 0.3) is 0 Å². The van der Waals surface area contributed by atoms with Crippen molar-refractivity contribution in [3.63, 3.8) is 0 Å². The number of fused-ring (bicyclic) bond motifs is 1. The number of hydrogen-bond acceptors (Lipinski definition) is 7. The number of carbonyl (C=O) groups excluding carboxylic acids is 1. The first-order valence-corrected chi connectivity index (χ1v) is 9.91. The molecule has 0 aromatic heterocycles. The number of amides is 1. The monoisotopic (exact) mass is 408 g/mol. The molecule has 150 valence electrons. The zero-order valence-corrected chi connectivity index (χ0v) is 16.2. The number of anilines is 1. The van der Waals surface area contributed by atoms with Crippen LogP contribution < -0.4 is 24.2 Å². The molecular formula is C18H20N2O7S. The highest BCUT2D eigenvalue weighted by Crippen LogP contribution is 2.32. The first kappa shape index (κ1) is 19.8. The lowest BCUT2D eigenvalue weighted by molar-refractivity contribution is 0.167. The average molecular weight is 408 g/mol. The van der Waals surface area contributed by atoms with Gasteiger partial charge in [0.15, 0.2) is 11.5 Å². The van der Waals surface area contributed by atoms with Crippen LogP contribution in [0.2, 0.25) is 0 Å². The Morgan fingerprint density at radius 2 is 1.93 bits per heavy atom. The van der Waals surface area contributed by atoms with Gasteiger partial charge >= 0.3 is 6.09 Å². The van der Waals surface area contributed by atoms with Crippen LogP contribution >= 0.6 is 0 Å². The van der Waals surface area contributed by atoms with Crippen LogP contribution in [0, 0.1) is 0 Å². The molecule has 0 aliphatic carbocycles. The van der Waals surface area contributed by atoms with Crippen molar-refractivity contribution in [2.24, 2.45) is 0 Å². The number of ether oxygens (including phenoxy) is 4. The van der Waals surface area contributed by atoms with Gasteiger partial charge in [-0.05, 0) is 42.8 Å². The molecule has 0 bridgehead atoms. The minimum Gasteiger partial charge on any atom is -0.495 e. The summed E-state index contributed by atoms with van der Waals surface area (Å²) in [7, 11) is -2.42. The summed E-state index contributed by atoms with van der Waals surface area (Å²) in [6.07, 6.45) is -0.705. The summed E-state index contributed by atoms with van der Waals surface area (Å²) in [5.41, 5.74) is 0.901. The van der Waals surface area contributed by atoms with Crippen molar-refractivity contribution in [1.29, 1.82) is 0 Å². The molecule has 1 heterocycles. The van der Waals surface area contributed by atoms with Crippen LogP contribution in [0.15, 0.2) is 41.3 Å². The molecule has 1 aliphatic rings. The van der Waals surface area contributed by atoms with Gasteiger partial charge in [-0.1, -0.05) is 6.07 Å². The Morgan fingerprint density at radius 3 is 2.68 bits per heavy atom. The highest BCUT2D eigenvalue weighted by Gasteiger charge is 2.19. The molecule has 0 unspecified atom stereocenters. The number of rotatable bonds is 7. The summed E-state index contributed by atoms with van der Waals surface area (Å²) in [6, 6.07) is 9.33. The van der Waals surface area contributed by atoms with E-state index in [2.05, 4.69) is 10.0 Å². The fourth-order valence-corrected chi connectivity index (χ4v) is 3.59. The van der Waals surface area contributed by atoms with Gasteiger partial charge in [0.2, 0.25) is 16.8 Å². The summed E-state index contributed by atoms with van der Waals surface area (Å²) >= 11 is 0. The van der Waals surface area contributed by atoms with Crippen molar-refractivity contribution in [2.45, 2.75) is 18.4 Å². The molecule has 0 spiro atoms. The molecule has 0 radical (unpaired) electrons. The van der Waals surface area contributed by atoms with Crippen molar-refractivity contribution in [1.82, 2.24) is 4.72 Å². The Balaban J connectivity index is 1.76. The van der Waals surface area contributed by atoms with Gasteiger partial charge in [-0.25, -0.2) is 17.9 Å². The van der Waals surface area contributed by atoms with Crippen molar-refractivity contribution in [3.8, 4) is 17.2 Å². The minimum absolute atomic E-state index is 0.0270. The first-order valence-electron chi connectivity index (χ1n) is 8.43. The van der Waals surface area contributed by atoms with E-state index in [9.17, 15) is 13.2 Å². The predicted molar refractivity (Wildman–Crippen MR) is 100 cm³/mol. The lowest BCUT2D eigenvalue weighted by atomic mass is 10.2. The van der Waals surface area contributed by atoms with Crippen molar-refractivity contribution in [3.05, 3.63) is 42.0 Å². The third kappa shape index (κ3) is 4.46. The second-order valence-corrected chi connectivity index (χ2v) is 7.49. The standard InChI is InChI=1S/C18H20N2O7S/c1-3-25-18(21)20-14-9-13(5-7-15(14)24-2)28(22,23)19-10-12-4-6-16-17(8-12)27-11-26-16/h4-9,19H,3,10-11H2,1-2H3,(H,20,21). The van der Waals surface area contributed by atoms with E-state index in [1.54, 1.807) is 25.1 Å². The van der Waals surface area contributed by atoms with Crippen molar-refractivity contribution in [2.75, 3.05) is 25.8 Å². The minimum atomic E-state index is -3.84. The van der Waals surface area contributed by atoms with Gasteiger partial charge in [-0.2, -0.15) is 0 Å². The van der Waals surface area contributed by atoms with Gasteiger partial charge in [0.25, 0.3) is 0 Å². The maximum atomic E-state index is 12.7. The summed E-state index contributed by atoms with van der Waals surface area (Å²) in [5, 5.41) is 2.47. The summed E-state index contributed by atoms with van der Waals surface area (Å²) in [4.78, 5) is 11.6. The quantitative estimate of drug-likeness (QED) is 0.724.